The molecule has 0 fully saturated rings. The number of hydrogen-bond donors (Lipinski definition) is 1. The van der Waals surface area contributed by atoms with Crippen LogP contribution in [0.25, 0.3) is 0 Å². The molecule has 0 saturated carbocycles. The second-order valence-corrected chi connectivity index (χ2v) is 8.93. The van der Waals surface area contributed by atoms with Gasteiger partial charge in [-0.15, -0.1) is 6.58 Å². The fourth-order valence-electron chi connectivity index (χ4n) is 4.73. The molecule has 0 aromatic heterocycles. The molecule has 0 spiro atoms. The molecule has 1 heteroatoms. The van der Waals surface area contributed by atoms with Gasteiger partial charge in [0.25, 0.3) is 0 Å². The molecule has 0 aromatic rings. The number of thiol groups is 1. The monoisotopic (exact) mass is 378 g/mol. The Morgan fingerprint density at radius 1 is 0.885 bits per heavy atom. The Morgan fingerprint density at radius 3 is 1.88 bits per heavy atom. The van der Waals surface area contributed by atoms with Crippen molar-refractivity contribution in [2.24, 2.45) is 35.5 Å². The van der Waals surface area contributed by atoms with Gasteiger partial charge in [-0.05, 0) is 54.8 Å². The molecule has 0 nitrogen and oxygen atoms in total. The van der Waals surface area contributed by atoms with E-state index in [1.165, 1.54) is 19.3 Å². The standard InChI is InChI=1S/C25H46S/c1-9-14-16-19(6)25(22(11-3)17-15-10-2)20(7)18-23(12-4)24(13-5)21(8)26/h11,14-17,19-26H,3,9-10,12-13,18H2,1-2,4-8H3. The Balaban J connectivity index is 5.53. The first-order valence-corrected chi connectivity index (χ1v) is 11.5. The first-order chi connectivity index (χ1) is 12.4. The smallest absolute Gasteiger partial charge is 0.00192 e. The molecule has 0 radical (unpaired) electrons. The van der Waals surface area contributed by atoms with Gasteiger partial charge in [-0.25, -0.2) is 0 Å². The van der Waals surface area contributed by atoms with Crippen LogP contribution in [0.5, 0.6) is 0 Å². The Hall–Kier alpha value is -0.430. The summed E-state index contributed by atoms with van der Waals surface area (Å²) in [7, 11) is 0. The summed E-state index contributed by atoms with van der Waals surface area (Å²) >= 11 is 4.79. The van der Waals surface area contributed by atoms with E-state index in [-0.39, 0.29) is 0 Å². The van der Waals surface area contributed by atoms with E-state index in [1.54, 1.807) is 0 Å². The molecule has 0 heterocycles. The molecule has 152 valence electrons. The maximum Gasteiger partial charge on any atom is 0.00192 e. The van der Waals surface area contributed by atoms with Crippen LogP contribution in [0.3, 0.4) is 0 Å². The molecule has 0 bridgehead atoms. The van der Waals surface area contributed by atoms with Crippen LogP contribution in [0, 0.1) is 35.5 Å². The fourth-order valence-corrected chi connectivity index (χ4v) is 5.19. The molecular formula is C25H46S. The zero-order valence-corrected chi connectivity index (χ0v) is 19.5. The Morgan fingerprint density at radius 2 is 1.46 bits per heavy atom. The second kappa shape index (κ2) is 14.6. The average molecular weight is 379 g/mol. The molecule has 0 aliphatic carbocycles. The van der Waals surface area contributed by atoms with Gasteiger partial charge in [-0.1, -0.05) is 91.7 Å². The van der Waals surface area contributed by atoms with Crippen molar-refractivity contribution in [1.29, 1.82) is 0 Å². The Bertz CT molecular complexity index is 406. The van der Waals surface area contributed by atoms with Crippen LogP contribution >= 0.6 is 12.6 Å². The van der Waals surface area contributed by atoms with Gasteiger partial charge in [-0.2, -0.15) is 12.6 Å². The van der Waals surface area contributed by atoms with Gasteiger partial charge in [0.1, 0.15) is 0 Å². The number of hydrogen-bond acceptors (Lipinski definition) is 1. The van der Waals surface area contributed by atoms with Crippen LogP contribution in [0.1, 0.15) is 80.6 Å². The van der Waals surface area contributed by atoms with Gasteiger partial charge in [0, 0.05) is 5.25 Å². The van der Waals surface area contributed by atoms with E-state index in [1.807, 2.05) is 0 Å². The van der Waals surface area contributed by atoms with Crippen molar-refractivity contribution in [2.75, 3.05) is 0 Å². The number of rotatable bonds is 14. The lowest BCUT2D eigenvalue weighted by Crippen LogP contribution is -2.30. The van der Waals surface area contributed by atoms with E-state index in [9.17, 15) is 0 Å². The summed E-state index contributed by atoms with van der Waals surface area (Å²) in [5.41, 5.74) is 0. The van der Waals surface area contributed by atoms with Crippen molar-refractivity contribution >= 4 is 12.6 Å². The molecule has 0 aromatic carbocycles. The van der Waals surface area contributed by atoms with Gasteiger partial charge >= 0.3 is 0 Å². The lowest BCUT2D eigenvalue weighted by molar-refractivity contribution is 0.177. The molecule has 0 amide bonds. The molecule has 7 atom stereocenters. The van der Waals surface area contributed by atoms with Crippen molar-refractivity contribution in [3.63, 3.8) is 0 Å². The van der Waals surface area contributed by atoms with Crippen molar-refractivity contribution in [3.05, 3.63) is 37.0 Å². The second-order valence-electron chi connectivity index (χ2n) is 8.12. The van der Waals surface area contributed by atoms with Crippen LogP contribution < -0.4 is 0 Å². The number of allylic oxidation sites excluding steroid dienone is 5. The average Bonchev–Trinajstić information content (AvgIpc) is 2.62. The minimum Gasteiger partial charge on any atom is -0.176 e. The van der Waals surface area contributed by atoms with E-state index in [4.69, 9.17) is 12.6 Å². The SMILES string of the molecule is C=CC(C=CCC)C(C(C)C=CCC)C(C)CC(CC)C(CC)C(C)S. The first kappa shape index (κ1) is 25.6. The summed E-state index contributed by atoms with van der Waals surface area (Å²) in [5.74, 6) is 3.77. The fraction of sp³-hybridized carbons (Fsp3) is 0.760. The third kappa shape index (κ3) is 8.51. The zero-order chi connectivity index (χ0) is 20.1. The topological polar surface area (TPSA) is 0 Å². The van der Waals surface area contributed by atoms with Crippen LogP contribution in [-0.2, 0) is 0 Å². The van der Waals surface area contributed by atoms with Crippen LogP contribution in [0.15, 0.2) is 37.0 Å². The summed E-state index contributed by atoms with van der Waals surface area (Å²) < 4.78 is 0. The van der Waals surface area contributed by atoms with Crippen molar-refractivity contribution < 1.29 is 0 Å². The lowest BCUT2D eigenvalue weighted by atomic mass is 9.69. The van der Waals surface area contributed by atoms with Gasteiger partial charge in [0.15, 0.2) is 0 Å². The van der Waals surface area contributed by atoms with E-state index in [0.29, 0.717) is 34.8 Å². The molecular weight excluding hydrogens is 332 g/mol. The molecule has 0 N–H and O–H groups in total. The predicted octanol–water partition coefficient (Wildman–Crippen LogP) is 8.37. The maximum absolute atomic E-state index is 4.79. The third-order valence-electron chi connectivity index (χ3n) is 6.15. The highest BCUT2D eigenvalue weighted by Crippen LogP contribution is 2.39. The van der Waals surface area contributed by atoms with Gasteiger partial charge < -0.3 is 0 Å². The first-order valence-electron chi connectivity index (χ1n) is 11.0. The van der Waals surface area contributed by atoms with Crippen LogP contribution in [0.2, 0.25) is 0 Å². The van der Waals surface area contributed by atoms with Gasteiger partial charge in [0.2, 0.25) is 0 Å². The highest BCUT2D eigenvalue weighted by molar-refractivity contribution is 7.80. The Kier molecular flexibility index (Phi) is 14.4. The molecule has 0 rings (SSSR count). The quantitative estimate of drug-likeness (QED) is 0.228. The summed E-state index contributed by atoms with van der Waals surface area (Å²) in [6, 6.07) is 0. The van der Waals surface area contributed by atoms with Crippen LogP contribution in [0.4, 0.5) is 0 Å². The summed E-state index contributed by atoms with van der Waals surface area (Å²) in [5, 5.41) is 0.475. The molecule has 0 saturated heterocycles. The highest BCUT2D eigenvalue weighted by atomic mass is 32.1. The lowest BCUT2D eigenvalue weighted by Gasteiger charge is -2.37. The van der Waals surface area contributed by atoms with Crippen LogP contribution in [-0.4, -0.2) is 5.25 Å². The zero-order valence-electron chi connectivity index (χ0n) is 18.6. The molecule has 0 aliphatic heterocycles. The maximum atomic E-state index is 4.79. The van der Waals surface area contributed by atoms with E-state index < -0.39 is 0 Å². The molecule has 26 heavy (non-hydrogen) atoms. The molecule has 7 unspecified atom stereocenters. The summed E-state index contributed by atoms with van der Waals surface area (Å²) in [4.78, 5) is 0. The minimum absolute atomic E-state index is 0.451. The van der Waals surface area contributed by atoms with Gasteiger partial charge in [-0.3, -0.25) is 0 Å². The highest BCUT2D eigenvalue weighted by Gasteiger charge is 2.31. The summed E-state index contributed by atoms with van der Waals surface area (Å²) in [6.07, 6.45) is 17.6. The minimum atomic E-state index is 0.451. The van der Waals surface area contributed by atoms with E-state index in [0.717, 1.165) is 18.8 Å². The molecule has 0 aliphatic rings. The normalized spacial score (nSPS) is 20.6. The Labute approximate surface area is 171 Å². The largest absolute Gasteiger partial charge is 0.176 e. The van der Waals surface area contributed by atoms with E-state index in [2.05, 4.69) is 85.4 Å². The van der Waals surface area contributed by atoms with Crippen molar-refractivity contribution in [1.82, 2.24) is 0 Å². The third-order valence-corrected chi connectivity index (χ3v) is 6.53. The summed E-state index contributed by atoms with van der Waals surface area (Å²) in [6.45, 7) is 20.4. The van der Waals surface area contributed by atoms with Gasteiger partial charge in [0.05, 0.1) is 0 Å². The van der Waals surface area contributed by atoms with Crippen molar-refractivity contribution in [3.8, 4) is 0 Å². The van der Waals surface area contributed by atoms with Crippen molar-refractivity contribution in [2.45, 2.75) is 85.8 Å². The van der Waals surface area contributed by atoms with E-state index >= 15 is 0 Å². The predicted molar refractivity (Wildman–Crippen MR) is 125 cm³/mol.